The molecule has 0 unspecified atom stereocenters. The van der Waals surface area contributed by atoms with Crippen LogP contribution in [0.2, 0.25) is 0 Å². The van der Waals surface area contributed by atoms with E-state index in [0.717, 1.165) is 55.4 Å². The summed E-state index contributed by atoms with van der Waals surface area (Å²) in [6, 6.07) is 14.3. The Morgan fingerprint density at radius 1 is 1.00 bits per heavy atom. The topological polar surface area (TPSA) is 62.5 Å². The van der Waals surface area contributed by atoms with Gasteiger partial charge in [-0.15, -0.1) is 0 Å². The van der Waals surface area contributed by atoms with Crippen molar-refractivity contribution >= 4 is 16.7 Å². The van der Waals surface area contributed by atoms with E-state index in [1.165, 1.54) is 12.8 Å². The lowest BCUT2D eigenvalue weighted by atomic mass is 10.0. The average Bonchev–Trinajstić information content (AvgIpc) is 3.25. The molecule has 6 heteroatoms. The molecule has 0 bridgehead atoms. The van der Waals surface area contributed by atoms with Crippen molar-refractivity contribution in [1.29, 1.82) is 0 Å². The van der Waals surface area contributed by atoms with Crippen molar-refractivity contribution in [3.63, 3.8) is 0 Å². The minimum atomic E-state index is 0.295. The number of benzene rings is 2. The second-order valence-electron chi connectivity index (χ2n) is 8.01. The average molecular weight is 407 g/mol. The Hall–Kier alpha value is -2.73. The van der Waals surface area contributed by atoms with Gasteiger partial charge < -0.3 is 9.42 Å². The van der Waals surface area contributed by atoms with Gasteiger partial charge in [0.05, 0.1) is 6.54 Å². The summed E-state index contributed by atoms with van der Waals surface area (Å²) in [5.74, 6) is 1.54. The summed E-state index contributed by atoms with van der Waals surface area (Å²) < 4.78 is 5.57. The molecule has 0 saturated carbocycles. The van der Waals surface area contributed by atoms with Crippen molar-refractivity contribution in [3.05, 3.63) is 48.3 Å². The lowest BCUT2D eigenvalue weighted by Crippen LogP contribution is -2.48. The number of unbranched alkanes of at least 4 members (excludes halogenated alkanes) is 3. The molecule has 1 aliphatic heterocycles. The molecule has 6 nitrogen and oxygen atoms in total. The van der Waals surface area contributed by atoms with Crippen molar-refractivity contribution < 1.29 is 9.32 Å². The van der Waals surface area contributed by atoms with Crippen molar-refractivity contribution in [1.82, 2.24) is 19.9 Å². The van der Waals surface area contributed by atoms with Crippen molar-refractivity contribution in [3.8, 4) is 11.5 Å². The van der Waals surface area contributed by atoms with Gasteiger partial charge in [0.15, 0.2) is 5.82 Å². The second-order valence-corrected chi connectivity index (χ2v) is 8.01. The summed E-state index contributed by atoms with van der Waals surface area (Å²) in [4.78, 5) is 21.3. The predicted octanol–water partition coefficient (Wildman–Crippen LogP) is 4.50. The van der Waals surface area contributed by atoms with Gasteiger partial charge in [0.2, 0.25) is 5.91 Å². The third-order valence-electron chi connectivity index (χ3n) is 5.82. The van der Waals surface area contributed by atoms with E-state index in [1.54, 1.807) is 0 Å². The highest BCUT2D eigenvalue weighted by atomic mass is 16.5. The predicted molar refractivity (Wildman–Crippen MR) is 118 cm³/mol. The van der Waals surface area contributed by atoms with E-state index >= 15 is 0 Å². The van der Waals surface area contributed by atoms with Crippen LogP contribution in [-0.4, -0.2) is 52.0 Å². The molecule has 1 aliphatic rings. The molecule has 30 heavy (non-hydrogen) atoms. The van der Waals surface area contributed by atoms with Crippen LogP contribution in [0.4, 0.5) is 0 Å². The molecule has 1 saturated heterocycles. The number of rotatable bonds is 8. The van der Waals surface area contributed by atoms with Crippen molar-refractivity contribution in [2.75, 3.05) is 26.2 Å². The number of nitrogens with zero attached hydrogens (tertiary/aromatic N) is 4. The lowest BCUT2D eigenvalue weighted by Gasteiger charge is -2.34. The van der Waals surface area contributed by atoms with Crippen LogP contribution in [0.25, 0.3) is 22.2 Å². The Balaban J connectivity index is 1.31. The maximum absolute atomic E-state index is 12.4. The molecule has 2 heterocycles. The Morgan fingerprint density at radius 3 is 2.63 bits per heavy atom. The summed E-state index contributed by atoms with van der Waals surface area (Å²) in [6.45, 7) is 6.08. The Morgan fingerprint density at radius 2 is 1.80 bits per heavy atom. The fraction of sp³-hybridized carbons (Fsp3) is 0.458. The summed E-state index contributed by atoms with van der Waals surface area (Å²) in [5, 5.41) is 6.47. The molecule has 0 spiro atoms. The third-order valence-corrected chi connectivity index (χ3v) is 5.82. The van der Waals surface area contributed by atoms with E-state index in [4.69, 9.17) is 4.52 Å². The number of amides is 1. The number of carbonyl (C=O) groups excluding carboxylic acids is 1. The zero-order valence-electron chi connectivity index (χ0n) is 17.7. The molecule has 2 aromatic carbocycles. The highest BCUT2D eigenvalue weighted by Gasteiger charge is 2.22. The summed E-state index contributed by atoms with van der Waals surface area (Å²) >= 11 is 0. The zero-order chi connectivity index (χ0) is 20.8. The molecular weight excluding hydrogens is 376 g/mol. The van der Waals surface area contributed by atoms with E-state index in [2.05, 4.69) is 40.2 Å². The van der Waals surface area contributed by atoms with Crippen LogP contribution in [0.1, 0.15) is 44.9 Å². The van der Waals surface area contributed by atoms with Crippen LogP contribution in [0.15, 0.2) is 47.0 Å². The van der Waals surface area contributed by atoms with Gasteiger partial charge in [0.25, 0.3) is 5.89 Å². The van der Waals surface area contributed by atoms with Crippen LogP contribution in [0.3, 0.4) is 0 Å². The summed E-state index contributed by atoms with van der Waals surface area (Å²) in [7, 11) is 0. The fourth-order valence-corrected chi connectivity index (χ4v) is 4.06. The van der Waals surface area contributed by atoms with E-state index in [1.807, 2.05) is 29.2 Å². The van der Waals surface area contributed by atoms with Crippen LogP contribution in [0, 0.1) is 0 Å². The SMILES string of the molecule is CCCCCCC(=O)N1CCN(Cc2noc(-c3cccc4ccccc34)n2)CC1. The molecule has 0 atom stereocenters. The van der Waals surface area contributed by atoms with Gasteiger partial charge in [0, 0.05) is 38.2 Å². The molecule has 1 amide bonds. The first-order chi connectivity index (χ1) is 14.7. The van der Waals surface area contributed by atoms with Gasteiger partial charge in [-0.3, -0.25) is 9.69 Å². The number of fused-ring (bicyclic) bond motifs is 1. The van der Waals surface area contributed by atoms with E-state index < -0.39 is 0 Å². The molecule has 0 radical (unpaired) electrons. The number of aromatic nitrogens is 2. The van der Waals surface area contributed by atoms with E-state index in [9.17, 15) is 4.79 Å². The number of hydrogen-bond acceptors (Lipinski definition) is 5. The Labute approximate surface area is 177 Å². The smallest absolute Gasteiger partial charge is 0.258 e. The Bertz CT molecular complexity index is 971. The Kier molecular flexibility index (Phi) is 6.74. The maximum atomic E-state index is 12.4. The zero-order valence-corrected chi connectivity index (χ0v) is 17.7. The number of piperazine rings is 1. The van der Waals surface area contributed by atoms with Gasteiger partial charge in [-0.1, -0.05) is 67.7 Å². The van der Waals surface area contributed by atoms with Crippen LogP contribution in [-0.2, 0) is 11.3 Å². The van der Waals surface area contributed by atoms with E-state index in [-0.39, 0.29) is 0 Å². The number of carbonyl (C=O) groups is 1. The summed E-state index contributed by atoms with van der Waals surface area (Å²) in [5.41, 5.74) is 0.963. The highest BCUT2D eigenvalue weighted by Crippen LogP contribution is 2.27. The van der Waals surface area contributed by atoms with Gasteiger partial charge in [-0.25, -0.2) is 0 Å². The minimum Gasteiger partial charge on any atom is -0.340 e. The molecule has 1 aromatic heterocycles. The second kappa shape index (κ2) is 9.85. The van der Waals surface area contributed by atoms with Gasteiger partial charge in [-0.2, -0.15) is 4.98 Å². The molecule has 0 N–H and O–H groups in total. The molecule has 0 aliphatic carbocycles. The van der Waals surface area contributed by atoms with Crippen molar-refractivity contribution in [2.45, 2.75) is 45.6 Å². The van der Waals surface area contributed by atoms with Crippen LogP contribution in [0.5, 0.6) is 0 Å². The van der Waals surface area contributed by atoms with Gasteiger partial charge >= 0.3 is 0 Å². The first-order valence-electron chi connectivity index (χ1n) is 11.1. The maximum Gasteiger partial charge on any atom is 0.258 e. The lowest BCUT2D eigenvalue weighted by molar-refractivity contribution is -0.133. The van der Waals surface area contributed by atoms with Gasteiger partial charge in [-0.05, 0) is 23.3 Å². The highest BCUT2D eigenvalue weighted by molar-refractivity contribution is 5.94. The van der Waals surface area contributed by atoms with Crippen LogP contribution < -0.4 is 0 Å². The first kappa shape index (κ1) is 20.5. The summed E-state index contributed by atoms with van der Waals surface area (Å²) in [6.07, 6.45) is 5.25. The van der Waals surface area contributed by atoms with Gasteiger partial charge in [0.1, 0.15) is 0 Å². The van der Waals surface area contributed by atoms with Crippen molar-refractivity contribution in [2.24, 2.45) is 0 Å². The van der Waals surface area contributed by atoms with E-state index in [0.29, 0.717) is 30.6 Å². The molecule has 1 fully saturated rings. The standard InChI is InChI=1S/C24H30N4O2/c1-2-3-4-5-13-23(29)28-16-14-27(15-17-28)18-22-25-24(30-26-22)21-12-8-10-19-9-6-7-11-20(19)21/h6-12H,2-5,13-18H2,1H3. The molecule has 3 aromatic rings. The molecule has 158 valence electrons. The third kappa shape index (κ3) is 4.87. The first-order valence-corrected chi connectivity index (χ1v) is 11.1. The molecule has 4 rings (SSSR count). The minimum absolute atomic E-state index is 0.295. The fourth-order valence-electron chi connectivity index (χ4n) is 4.06. The quantitative estimate of drug-likeness (QED) is 0.515. The molecular formula is C24H30N4O2. The number of hydrogen-bond donors (Lipinski definition) is 0. The monoisotopic (exact) mass is 406 g/mol. The normalized spacial score (nSPS) is 15.0. The largest absolute Gasteiger partial charge is 0.340 e. The van der Waals surface area contributed by atoms with Crippen LogP contribution >= 0.6 is 0 Å².